The van der Waals surface area contributed by atoms with E-state index in [4.69, 9.17) is 14.2 Å². The summed E-state index contributed by atoms with van der Waals surface area (Å²) in [6, 6.07) is 9.95. The lowest BCUT2D eigenvalue weighted by Crippen LogP contribution is -2.24. The molecule has 190 valence electrons. The molecule has 1 N–H and O–H groups in total. The van der Waals surface area contributed by atoms with E-state index >= 15 is 0 Å². The van der Waals surface area contributed by atoms with E-state index in [2.05, 4.69) is 10.5 Å². The average molecular weight is 508 g/mol. The summed E-state index contributed by atoms with van der Waals surface area (Å²) in [5, 5.41) is 3.82. The van der Waals surface area contributed by atoms with E-state index in [9.17, 15) is 26.7 Å². The molecule has 0 aliphatic heterocycles. The molecule has 3 aromatic rings. The molecule has 0 radical (unpaired) electrons. The quantitative estimate of drug-likeness (QED) is 0.143. The summed E-state index contributed by atoms with van der Waals surface area (Å²) < 4.78 is 83.3. The maximum atomic E-state index is 13.9. The van der Waals surface area contributed by atoms with E-state index in [0.29, 0.717) is 11.3 Å². The second-order valence-corrected chi connectivity index (χ2v) is 7.54. The second kappa shape index (κ2) is 11.5. The van der Waals surface area contributed by atoms with Gasteiger partial charge in [-0.25, -0.2) is 18.6 Å². The Bertz CT molecular complexity index is 1290. The lowest BCUT2D eigenvalue weighted by Gasteiger charge is -2.13. The number of carbonyl (C=O) groups excluding carboxylic acids is 1. The molecule has 0 unspecified atom stereocenters. The monoisotopic (exact) mass is 508 g/mol. The third kappa shape index (κ3) is 5.91. The Morgan fingerprint density at radius 2 is 1.58 bits per heavy atom. The van der Waals surface area contributed by atoms with Gasteiger partial charge in [-0.3, -0.25) is 4.79 Å². The van der Waals surface area contributed by atoms with Crippen LogP contribution in [0, 0.1) is 42.9 Å². The number of methoxy groups -OCH3 is 1. The van der Waals surface area contributed by atoms with Gasteiger partial charge in [0.05, 0.1) is 13.3 Å². The van der Waals surface area contributed by atoms with Crippen molar-refractivity contribution < 1.29 is 41.0 Å². The Kier molecular flexibility index (Phi) is 8.46. The number of hydrogen-bond acceptors (Lipinski definition) is 5. The first-order valence-corrected chi connectivity index (χ1v) is 10.5. The fourth-order valence-electron chi connectivity index (χ4n) is 3.09. The first-order valence-electron chi connectivity index (χ1n) is 10.5. The lowest BCUT2D eigenvalue weighted by molar-refractivity contribution is -0.123. The minimum Gasteiger partial charge on any atom is -0.496 e. The number of nitrogens with one attached hydrogen (secondary N) is 1. The molecule has 0 aliphatic rings. The van der Waals surface area contributed by atoms with Gasteiger partial charge in [-0.1, -0.05) is 12.1 Å². The summed E-state index contributed by atoms with van der Waals surface area (Å²) in [5.74, 6) is -11.8. The van der Waals surface area contributed by atoms with Crippen LogP contribution in [0.2, 0.25) is 0 Å². The molecule has 0 atom stereocenters. The molecule has 0 saturated carbocycles. The molecule has 0 saturated heterocycles. The third-order valence-electron chi connectivity index (χ3n) is 5.16. The van der Waals surface area contributed by atoms with Crippen molar-refractivity contribution in [3.8, 4) is 17.2 Å². The summed E-state index contributed by atoms with van der Waals surface area (Å²) >= 11 is 0. The third-order valence-corrected chi connectivity index (χ3v) is 5.16. The van der Waals surface area contributed by atoms with E-state index in [1.807, 2.05) is 26.0 Å². The smallest absolute Gasteiger partial charge is 0.277 e. The summed E-state index contributed by atoms with van der Waals surface area (Å²) in [5.41, 5.74) is 4.86. The van der Waals surface area contributed by atoms with E-state index in [1.54, 1.807) is 12.1 Å². The van der Waals surface area contributed by atoms with Gasteiger partial charge in [-0.05, 0) is 54.8 Å². The van der Waals surface area contributed by atoms with E-state index in [-0.39, 0.29) is 17.9 Å². The largest absolute Gasteiger partial charge is 0.496 e. The minimum absolute atomic E-state index is 0.218. The Morgan fingerprint density at radius 1 is 0.917 bits per heavy atom. The van der Waals surface area contributed by atoms with E-state index in [1.165, 1.54) is 25.5 Å². The average Bonchev–Trinajstić information content (AvgIpc) is 2.87. The number of halogens is 5. The molecule has 0 bridgehead atoms. The summed E-state index contributed by atoms with van der Waals surface area (Å²) in [6.07, 6.45) is 1.27. The number of carbonyl (C=O) groups is 1. The summed E-state index contributed by atoms with van der Waals surface area (Å²) in [4.78, 5) is 12.0. The van der Waals surface area contributed by atoms with Crippen molar-refractivity contribution in [1.29, 1.82) is 0 Å². The van der Waals surface area contributed by atoms with Gasteiger partial charge in [-0.2, -0.15) is 13.9 Å². The van der Waals surface area contributed by atoms with Crippen LogP contribution in [0.25, 0.3) is 0 Å². The number of hydrazone groups is 1. The van der Waals surface area contributed by atoms with Crippen molar-refractivity contribution in [2.45, 2.75) is 20.5 Å². The minimum atomic E-state index is -2.28. The Morgan fingerprint density at radius 3 is 2.25 bits per heavy atom. The van der Waals surface area contributed by atoms with Crippen LogP contribution in [0.15, 0.2) is 41.5 Å². The van der Waals surface area contributed by atoms with Crippen molar-refractivity contribution in [3.05, 3.63) is 87.7 Å². The predicted molar refractivity (Wildman–Crippen MR) is 121 cm³/mol. The maximum absolute atomic E-state index is 13.9. The first kappa shape index (κ1) is 26.5. The molecule has 1 amide bonds. The highest BCUT2D eigenvalue weighted by atomic mass is 19.2. The first-order chi connectivity index (χ1) is 17.1. The Hall–Kier alpha value is -4.15. The summed E-state index contributed by atoms with van der Waals surface area (Å²) in [7, 11) is 1.32. The van der Waals surface area contributed by atoms with Gasteiger partial charge in [-0.15, -0.1) is 0 Å². The molecule has 6 nitrogen and oxygen atoms in total. The molecule has 3 rings (SSSR count). The standard InChI is InChI=1S/C25H21F5N2O4/c1-13-5-4-6-17(14(13)2)35-12-19(33)32-31-10-15-7-8-18(34-3)16(9-15)11-36-25-23(29)21(27)20(26)22(28)24(25)30/h4-10H,11-12H2,1-3H3,(H,32,33)/b31-10-. The molecule has 36 heavy (non-hydrogen) atoms. The van der Waals surface area contributed by atoms with Crippen LogP contribution in [-0.4, -0.2) is 25.8 Å². The fourth-order valence-corrected chi connectivity index (χ4v) is 3.09. The highest BCUT2D eigenvalue weighted by Crippen LogP contribution is 2.31. The van der Waals surface area contributed by atoms with Crippen LogP contribution >= 0.6 is 0 Å². The molecule has 0 spiro atoms. The molecule has 0 aromatic heterocycles. The number of ether oxygens (including phenoxy) is 3. The van der Waals surface area contributed by atoms with Gasteiger partial charge >= 0.3 is 0 Å². The molecule has 3 aromatic carbocycles. The number of rotatable bonds is 9. The molecule has 0 heterocycles. The summed E-state index contributed by atoms with van der Waals surface area (Å²) in [6.45, 7) is 2.94. The topological polar surface area (TPSA) is 69.2 Å². The number of aryl methyl sites for hydroxylation is 1. The number of nitrogens with zero attached hydrogens (tertiary/aromatic N) is 1. The molecular formula is C25H21F5N2O4. The zero-order valence-corrected chi connectivity index (χ0v) is 19.4. The maximum Gasteiger partial charge on any atom is 0.277 e. The fraction of sp³-hybridized carbons (Fsp3) is 0.200. The van der Waals surface area contributed by atoms with Gasteiger partial charge in [0.1, 0.15) is 18.1 Å². The number of benzene rings is 3. The van der Waals surface area contributed by atoms with Crippen molar-refractivity contribution >= 4 is 12.1 Å². The molecular weight excluding hydrogens is 487 g/mol. The lowest BCUT2D eigenvalue weighted by atomic mass is 10.1. The van der Waals surface area contributed by atoms with Gasteiger partial charge in [0.15, 0.2) is 12.4 Å². The zero-order chi connectivity index (χ0) is 26.4. The van der Waals surface area contributed by atoms with E-state index in [0.717, 1.165) is 11.1 Å². The van der Waals surface area contributed by atoms with Crippen LogP contribution in [0.1, 0.15) is 22.3 Å². The van der Waals surface area contributed by atoms with Gasteiger partial charge < -0.3 is 14.2 Å². The molecule has 0 aliphatic carbocycles. The normalized spacial score (nSPS) is 11.0. The van der Waals surface area contributed by atoms with Gasteiger partial charge in [0.2, 0.25) is 29.1 Å². The SMILES string of the molecule is COc1ccc(/C=N\NC(=O)COc2cccc(C)c2C)cc1COc1c(F)c(F)c(F)c(F)c1F. The van der Waals surface area contributed by atoms with E-state index < -0.39 is 47.3 Å². The number of amides is 1. The second-order valence-electron chi connectivity index (χ2n) is 7.54. The van der Waals surface area contributed by atoms with Crippen molar-refractivity contribution in [2.24, 2.45) is 5.10 Å². The van der Waals surface area contributed by atoms with Crippen LogP contribution in [-0.2, 0) is 11.4 Å². The van der Waals surface area contributed by atoms with Crippen molar-refractivity contribution in [2.75, 3.05) is 13.7 Å². The van der Waals surface area contributed by atoms with Crippen LogP contribution in [0.5, 0.6) is 17.2 Å². The predicted octanol–water partition coefficient (Wildman–Crippen LogP) is 5.12. The van der Waals surface area contributed by atoms with Crippen LogP contribution < -0.4 is 19.6 Å². The van der Waals surface area contributed by atoms with Crippen LogP contribution in [0.3, 0.4) is 0 Å². The van der Waals surface area contributed by atoms with Gasteiger partial charge in [0.25, 0.3) is 5.91 Å². The molecule has 0 fully saturated rings. The van der Waals surface area contributed by atoms with Crippen LogP contribution in [0.4, 0.5) is 22.0 Å². The van der Waals surface area contributed by atoms with Crippen molar-refractivity contribution in [1.82, 2.24) is 5.43 Å². The van der Waals surface area contributed by atoms with Crippen molar-refractivity contribution in [3.63, 3.8) is 0 Å². The number of hydrogen-bond donors (Lipinski definition) is 1. The Labute approximate surface area is 203 Å². The highest BCUT2D eigenvalue weighted by molar-refractivity contribution is 5.83. The van der Waals surface area contributed by atoms with Gasteiger partial charge in [0, 0.05) is 5.56 Å². The Balaban J connectivity index is 1.66. The molecule has 11 heteroatoms. The zero-order valence-electron chi connectivity index (χ0n) is 19.4. The highest BCUT2D eigenvalue weighted by Gasteiger charge is 2.27.